The number of benzene rings is 2. The molecule has 0 saturated carbocycles. The fraction of sp³-hybridized carbons (Fsp3) is 0.552. The van der Waals surface area contributed by atoms with Crippen LogP contribution in [0, 0.1) is 0 Å². The summed E-state index contributed by atoms with van der Waals surface area (Å²) >= 11 is 0. The van der Waals surface area contributed by atoms with E-state index in [9.17, 15) is 9.90 Å². The highest BCUT2D eigenvalue weighted by Crippen LogP contribution is 2.42. The summed E-state index contributed by atoms with van der Waals surface area (Å²) in [6.07, 6.45) is -0.200. The maximum absolute atomic E-state index is 12.4. The van der Waals surface area contributed by atoms with Gasteiger partial charge in [-0.25, -0.2) is 4.79 Å². The molecule has 0 aliphatic heterocycles. The molecule has 194 valence electrons. The molecule has 0 fully saturated rings. The van der Waals surface area contributed by atoms with E-state index in [0.29, 0.717) is 11.5 Å². The predicted molar refractivity (Wildman–Crippen MR) is 146 cm³/mol. The average molecular weight is 501 g/mol. The van der Waals surface area contributed by atoms with Crippen LogP contribution in [-0.4, -0.2) is 31.1 Å². The van der Waals surface area contributed by atoms with E-state index in [1.54, 1.807) is 13.8 Å². The molecule has 0 radical (unpaired) electrons. The van der Waals surface area contributed by atoms with Crippen LogP contribution < -0.4 is 14.3 Å². The third kappa shape index (κ3) is 7.26. The van der Waals surface area contributed by atoms with Crippen molar-refractivity contribution in [2.75, 3.05) is 0 Å². The van der Waals surface area contributed by atoms with Crippen LogP contribution in [0.2, 0.25) is 13.1 Å². The van der Waals surface area contributed by atoms with Crippen molar-refractivity contribution in [1.29, 1.82) is 0 Å². The van der Waals surface area contributed by atoms with Gasteiger partial charge >= 0.3 is 5.97 Å². The van der Waals surface area contributed by atoms with E-state index in [-0.39, 0.29) is 16.9 Å². The van der Waals surface area contributed by atoms with Crippen molar-refractivity contribution < 1.29 is 23.8 Å². The average Bonchev–Trinajstić information content (AvgIpc) is 2.66. The van der Waals surface area contributed by atoms with Crippen molar-refractivity contribution in [2.45, 2.75) is 105 Å². The molecule has 2 aromatic carbocycles. The van der Waals surface area contributed by atoms with Crippen molar-refractivity contribution in [3.8, 4) is 17.2 Å². The number of esters is 1. The molecule has 0 saturated heterocycles. The van der Waals surface area contributed by atoms with Gasteiger partial charge in [0.15, 0.2) is 5.60 Å². The van der Waals surface area contributed by atoms with Gasteiger partial charge in [-0.2, -0.15) is 0 Å². The van der Waals surface area contributed by atoms with E-state index >= 15 is 0 Å². The van der Waals surface area contributed by atoms with Crippen LogP contribution in [-0.2, 0) is 20.4 Å². The van der Waals surface area contributed by atoms with E-state index in [0.717, 1.165) is 22.1 Å². The summed E-state index contributed by atoms with van der Waals surface area (Å²) < 4.78 is 17.9. The van der Waals surface area contributed by atoms with Crippen molar-refractivity contribution in [3.05, 3.63) is 47.5 Å². The Kier molecular flexibility index (Phi) is 8.12. The lowest BCUT2D eigenvalue weighted by Crippen LogP contribution is -2.47. The second-order valence-corrected chi connectivity index (χ2v) is 16.4. The summed E-state index contributed by atoms with van der Waals surface area (Å²) in [6, 6.07) is 11.7. The summed E-state index contributed by atoms with van der Waals surface area (Å²) in [7, 11) is -2.36. The Labute approximate surface area is 212 Å². The molecule has 0 atom stereocenters. The maximum Gasteiger partial charge on any atom is 0.350 e. The minimum absolute atomic E-state index is 0.200. The molecule has 0 bridgehead atoms. The first-order valence-corrected chi connectivity index (χ1v) is 15.2. The Morgan fingerprint density at radius 3 is 1.69 bits per heavy atom. The van der Waals surface area contributed by atoms with Crippen molar-refractivity contribution in [1.82, 2.24) is 0 Å². The van der Waals surface area contributed by atoms with Crippen LogP contribution in [0.15, 0.2) is 36.4 Å². The zero-order valence-corrected chi connectivity index (χ0v) is 24.6. The molecular formula is C29H44O5Si. The highest BCUT2D eigenvalue weighted by atomic mass is 28.4. The summed E-state index contributed by atoms with van der Waals surface area (Å²) in [5.41, 5.74) is 0.219. The third-order valence-corrected chi connectivity index (χ3v) is 8.30. The van der Waals surface area contributed by atoms with Gasteiger partial charge in [0.1, 0.15) is 17.2 Å². The van der Waals surface area contributed by atoms with Crippen LogP contribution in [0.5, 0.6) is 17.2 Å². The standard InChI is InChI=1S/C29H44O5Si/c1-19(2)32-26(31)29(9,10)33-20-13-15-22(16-14-20)35(11,12)34-21-17-23(27(3,4)5)25(30)24(18-21)28(6,7)8/h13-19,30H,1-12H3. The number of rotatable bonds is 7. The fourth-order valence-electron chi connectivity index (χ4n) is 3.78. The second kappa shape index (κ2) is 9.88. The van der Waals surface area contributed by atoms with E-state index in [2.05, 4.69) is 54.6 Å². The Morgan fingerprint density at radius 2 is 1.29 bits per heavy atom. The van der Waals surface area contributed by atoms with Gasteiger partial charge in [-0.05, 0) is 81.1 Å². The molecule has 0 unspecified atom stereocenters. The molecule has 2 aromatic rings. The number of hydrogen-bond acceptors (Lipinski definition) is 5. The number of phenols is 1. The molecule has 35 heavy (non-hydrogen) atoms. The number of carbonyl (C=O) groups excluding carboxylic acids is 1. The summed E-state index contributed by atoms with van der Waals surface area (Å²) in [5.74, 6) is 1.31. The quantitative estimate of drug-likeness (QED) is 0.343. The van der Waals surface area contributed by atoms with Gasteiger partial charge in [-0.15, -0.1) is 0 Å². The van der Waals surface area contributed by atoms with Crippen molar-refractivity contribution >= 4 is 19.5 Å². The van der Waals surface area contributed by atoms with Crippen LogP contribution >= 0.6 is 0 Å². The Hall–Kier alpha value is -2.47. The molecule has 5 nitrogen and oxygen atoms in total. The van der Waals surface area contributed by atoms with Crippen LogP contribution in [0.1, 0.15) is 80.4 Å². The van der Waals surface area contributed by atoms with E-state index in [1.165, 1.54) is 0 Å². The van der Waals surface area contributed by atoms with Gasteiger partial charge in [0, 0.05) is 11.1 Å². The minimum Gasteiger partial charge on any atom is -0.540 e. The number of phenolic OH excluding ortho intramolecular Hbond substituents is 1. The van der Waals surface area contributed by atoms with Gasteiger partial charge in [0.2, 0.25) is 0 Å². The largest absolute Gasteiger partial charge is 0.540 e. The second-order valence-electron chi connectivity index (χ2n) is 12.6. The van der Waals surface area contributed by atoms with Gasteiger partial charge in [0.25, 0.3) is 8.32 Å². The number of ether oxygens (including phenoxy) is 2. The zero-order chi connectivity index (χ0) is 27.0. The lowest BCUT2D eigenvalue weighted by molar-refractivity contribution is -0.163. The number of carbonyl (C=O) groups is 1. The first-order valence-electron chi connectivity index (χ1n) is 12.3. The molecule has 1 N–H and O–H groups in total. The third-order valence-electron chi connectivity index (χ3n) is 5.83. The number of hydrogen-bond donors (Lipinski definition) is 1. The fourth-order valence-corrected chi connectivity index (χ4v) is 5.57. The molecule has 0 aromatic heterocycles. The van der Waals surface area contributed by atoms with Crippen LogP contribution in [0.25, 0.3) is 0 Å². The molecule has 0 heterocycles. The van der Waals surface area contributed by atoms with Crippen LogP contribution in [0.4, 0.5) is 0 Å². The predicted octanol–water partition coefficient (Wildman–Crippen LogP) is 6.59. The van der Waals surface area contributed by atoms with Crippen molar-refractivity contribution in [2.24, 2.45) is 0 Å². The first-order chi connectivity index (χ1) is 15.7. The van der Waals surface area contributed by atoms with E-state index < -0.39 is 19.9 Å². The zero-order valence-electron chi connectivity index (χ0n) is 23.6. The lowest BCUT2D eigenvalue weighted by Gasteiger charge is -2.31. The summed E-state index contributed by atoms with van der Waals surface area (Å²) in [6.45, 7) is 23.9. The maximum atomic E-state index is 12.4. The SMILES string of the molecule is CC(C)OC(=O)C(C)(C)Oc1ccc([Si](C)(C)Oc2cc(C(C)(C)C)c(O)c(C(C)(C)C)c2)cc1. The smallest absolute Gasteiger partial charge is 0.350 e. The summed E-state index contributed by atoms with van der Waals surface area (Å²) in [4.78, 5) is 12.4. The van der Waals surface area contributed by atoms with E-state index in [1.807, 2.05) is 50.2 Å². The highest BCUT2D eigenvalue weighted by molar-refractivity contribution is 6.85. The summed E-state index contributed by atoms with van der Waals surface area (Å²) in [5, 5.41) is 12.1. The molecule has 6 heteroatoms. The number of aromatic hydroxyl groups is 1. The monoisotopic (exact) mass is 500 g/mol. The molecular weight excluding hydrogens is 456 g/mol. The topological polar surface area (TPSA) is 65.0 Å². The minimum atomic E-state index is -2.36. The van der Waals surface area contributed by atoms with E-state index in [4.69, 9.17) is 13.9 Å². The van der Waals surface area contributed by atoms with Gasteiger partial charge < -0.3 is 19.0 Å². The van der Waals surface area contributed by atoms with Crippen molar-refractivity contribution in [3.63, 3.8) is 0 Å². The lowest BCUT2D eigenvalue weighted by atomic mass is 9.79. The Bertz CT molecular complexity index is 1000. The molecule has 0 aliphatic rings. The molecule has 0 spiro atoms. The van der Waals surface area contributed by atoms with Gasteiger partial charge in [-0.3, -0.25) is 0 Å². The molecule has 2 rings (SSSR count). The van der Waals surface area contributed by atoms with Gasteiger partial charge in [0.05, 0.1) is 6.10 Å². The molecule has 0 aliphatic carbocycles. The normalized spacial score (nSPS) is 13.1. The van der Waals surface area contributed by atoms with Crippen LogP contribution in [0.3, 0.4) is 0 Å². The highest BCUT2D eigenvalue weighted by Gasteiger charge is 2.34. The Morgan fingerprint density at radius 1 is 0.829 bits per heavy atom. The molecule has 0 amide bonds. The Balaban J connectivity index is 2.33. The first kappa shape index (κ1) is 28.8. The van der Waals surface area contributed by atoms with Gasteiger partial charge in [-0.1, -0.05) is 53.7 Å².